The third-order valence-corrected chi connectivity index (χ3v) is 2.64. The first-order chi connectivity index (χ1) is 10.0. The minimum Gasteiger partial charge on any atom is -0.507 e. The van der Waals surface area contributed by atoms with Gasteiger partial charge < -0.3 is 9.84 Å². The molecule has 0 aromatic heterocycles. The second-order valence-electron chi connectivity index (χ2n) is 3.85. The predicted molar refractivity (Wildman–Crippen MR) is 76.1 cm³/mol. The van der Waals surface area contributed by atoms with E-state index in [1.807, 2.05) is 13.8 Å². The van der Waals surface area contributed by atoms with Gasteiger partial charge in [-0.1, -0.05) is 19.9 Å². The van der Waals surface area contributed by atoms with E-state index in [4.69, 9.17) is 0 Å². The molecule has 21 heavy (non-hydrogen) atoms. The van der Waals surface area contributed by atoms with Crippen molar-refractivity contribution in [1.82, 2.24) is 0 Å². The summed E-state index contributed by atoms with van der Waals surface area (Å²) in [4.78, 5) is 11.4. The number of hydrogen-bond donors (Lipinski definition) is 1. The Labute approximate surface area is 121 Å². The fourth-order valence-electron chi connectivity index (χ4n) is 1.70. The zero-order chi connectivity index (χ0) is 16.0. The highest BCUT2D eigenvalue weighted by Crippen LogP contribution is 2.28. The molecular formula is C16H16F2O3. The van der Waals surface area contributed by atoms with Gasteiger partial charge in [0.2, 0.25) is 0 Å². The van der Waals surface area contributed by atoms with Gasteiger partial charge in [-0.2, -0.15) is 0 Å². The van der Waals surface area contributed by atoms with E-state index in [9.17, 15) is 18.7 Å². The quantitative estimate of drug-likeness (QED) is 0.846. The molecule has 2 aromatic rings. The van der Waals surface area contributed by atoms with Crippen molar-refractivity contribution in [3.63, 3.8) is 0 Å². The molecule has 0 atom stereocenters. The molecule has 0 saturated carbocycles. The highest BCUT2D eigenvalue weighted by molar-refractivity contribution is 5.94. The number of phenolic OH excluding ortho intramolecular Hbond substituents is 1. The Kier molecular flexibility index (Phi) is 5.84. The Morgan fingerprint density at radius 2 is 1.76 bits per heavy atom. The van der Waals surface area contributed by atoms with Gasteiger partial charge in [0.05, 0.1) is 7.11 Å². The van der Waals surface area contributed by atoms with Gasteiger partial charge in [0.1, 0.15) is 22.9 Å². The van der Waals surface area contributed by atoms with E-state index in [1.165, 1.54) is 31.4 Å². The number of methoxy groups -OCH3 is 1. The summed E-state index contributed by atoms with van der Waals surface area (Å²) in [6.07, 6.45) is 0. The molecule has 112 valence electrons. The highest BCUT2D eigenvalue weighted by Gasteiger charge is 2.14. The lowest BCUT2D eigenvalue weighted by Crippen LogP contribution is -2.02. The number of rotatable bonds is 2. The maximum absolute atomic E-state index is 13.6. The Hall–Kier alpha value is -2.43. The van der Waals surface area contributed by atoms with E-state index in [-0.39, 0.29) is 16.9 Å². The fraction of sp³-hybridized carbons (Fsp3) is 0.188. The average Bonchev–Trinajstić information content (AvgIpc) is 2.49. The second kappa shape index (κ2) is 7.38. The third-order valence-electron chi connectivity index (χ3n) is 2.64. The zero-order valence-corrected chi connectivity index (χ0v) is 12.0. The first-order valence-electron chi connectivity index (χ1n) is 6.39. The molecule has 0 aliphatic heterocycles. The molecule has 0 unspecified atom stereocenters. The maximum atomic E-state index is 13.6. The van der Waals surface area contributed by atoms with Gasteiger partial charge in [-0.15, -0.1) is 0 Å². The normalized spacial score (nSPS) is 9.57. The van der Waals surface area contributed by atoms with Crippen LogP contribution >= 0.6 is 0 Å². The summed E-state index contributed by atoms with van der Waals surface area (Å²) in [6, 6.07) is 7.10. The summed E-state index contributed by atoms with van der Waals surface area (Å²) in [5.74, 6) is -2.44. The number of esters is 1. The minimum absolute atomic E-state index is 0.0799. The molecule has 0 saturated heterocycles. The SMILES string of the molecule is CC.COC(=O)c1cc(-c2ccc(F)cc2F)ccc1O. The topological polar surface area (TPSA) is 46.5 Å². The molecule has 5 heteroatoms. The molecule has 0 heterocycles. The van der Waals surface area contributed by atoms with Crippen molar-refractivity contribution in [3.8, 4) is 16.9 Å². The number of hydrogen-bond acceptors (Lipinski definition) is 3. The first-order valence-corrected chi connectivity index (χ1v) is 6.39. The average molecular weight is 294 g/mol. The molecule has 2 rings (SSSR count). The van der Waals surface area contributed by atoms with Crippen molar-refractivity contribution in [3.05, 3.63) is 53.6 Å². The molecule has 0 spiro atoms. The maximum Gasteiger partial charge on any atom is 0.341 e. The number of ether oxygens (including phenoxy) is 1. The van der Waals surface area contributed by atoms with Crippen molar-refractivity contribution in [2.75, 3.05) is 7.11 Å². The summed E-state index contributed by atoms with van der Waals surface area (Å²) in [7, 11) is 1.17. The number of carbonyl (C=O) groups is 1. The van der Waals surface area contributed by atoms with Gasteiger partial charge in [0, 0.05) is 11.6 Å². The molecule has 2 aromatic carbocycles. The van der Waals surface area contributed by atoms with Crippen LogP contribution in [-0.2, 0) is 4.74 Å². The van der Waals surface area contributed by atoms with Crippen LogP contribution in [0.3, 0.4) is 0 Å². The molecular weight excluding hydrogens is 278 g/mol. The predicted octanol–water partition coefficient (Wildman–Crippen LogP) is 4.15. The molecule has 0 aliphatic rings. The van der Waals surface area contributed by atoms with Gasteiger partial charge in [-0.05, 0) is 29.8 Å². The molecule has 0 amide bonds. The van der Waals surface area contributed by atoms with Crippen LogP contribution in [0.25, 0.3) is 11.1 Å². The van der Waals surface area contributed by atoms with Crippen molar-refractivity contribution >= 4 is 5.97 Å². The standard InChI is InChI=1S/C14H10F2O3.C2H6/c1-19-14(18)11-6-8(2-5-13(11)17)10-4-3-9(15)7-12(10)16;1-2/h2-7,17H,1H3;1-2H3. The van der Waals surface area contributed by atoms with Crippen LogP contribution in [0, 0.1) is 11.6 Å². The molecule has 3 nitrogen and oxygen atoms in total. The lowest BCUT2D eigenvalue weighted by Gasteiger charge is -2.07. The largest absolute Gasteiger partial charge is 0.507 e. The Balaban J connectivity index is 0.00000106. The van der Waals surface area contributed by atoms with Gasteiger partial charge in [-0.3, -0.25) is 0 Å². The van der Waals surface area contributed by atoms with Crippen molar-refractivity contribution in [1.29, 1.82) is 0 Å². The summed E-state index contributed by atoms with van der Waals surface area (Å²) >= 11 is 0. The van der Waals surface area contributed by atoms with Crippen LogP contribution in [0.15, 0.2) is 36.4 Å². The van der Waals surface area contributed by atoms with Gasteiger partial charge in [-0.25, -0.2) is 13.6 Å². The molecule has 0 radical (unpaired) electrons. The summed E-state index contributed by atoms with van der Waals surface area (Å²) in [6.45, 7) is 4.00. The summed E-state index contributed by atoms with van der Waals surface area (Å²) in [5.41, 5.74) is 0.394. The lowest BCUT2D eigenvalue weighted by atomic mass is 10.0. The number of benzene rings is 2. The van der Waals surface area contributed by atoms with E-state index in [2.05, 4.69) is 4.74 Å². The lowest BCUT2D eigenvalue weighted by molar-refractivity contribution is 0.0597. The molecule has 0 aliphatic carbocycles. The van der Waals surface area contributed by atoms with E-state index >= 15 is 0 Å². The van der Waals surface area contributed by atoms with Crippen LogP contribution in [0.2, 0.25) is 0 Å². The van der Waals surface area contributed by atoms with E-state index < -0.39 is 17.6 Å². The van der Waals surface area contributed by atoms with Crippen LogP contribution in [0.5, 0.6) is 5.75 Å². The highest BCUT2D eigenvalue weighted by atomic mass is 19.1. The van der Waals surface area contributed by atoms with Crippen LogP contribution < -0.4 is 0 Å². The summed E-state index contributed by atoms with van der Waals surface area (Å²) in [5, 5.41) is 9.54. The van der Waals surface area contributed by atoms with E-state index in [0.717, 1.165) is 12.1 Å². The van der Waals surface area contributed by atoms with Crippen molar-refractivity contribution in [2.45, 2.75) is 13.8 Å². The minimum atomic E-state index is -0.749. The fourth-order valence-corrected chi connectivity index (χ4v) is 1.70. The van der Waals surface area contributed by atoms with Crippen LogP contribution in [-0.4, -0.2) is 18.2 Å². The second-order valence-corrected chi connectivity index (χ2v) is 3.85. The summed E-state index contributed by atoms with van der Waals surface area (Å²) < 4.78 is 31.0. The Morgan fingerprint density at radius 1 is 1.10 bits per heavy atom. The molecule has 1 N–H and O–H groups in total. The van der Waals surface area contributed by atoms with E-state index in [1.54, 1.807) is 0 Å². The first kappa shape index (κ1) is 16.6. The number of halogens is 2. The number of aromatic hydroxyl groups is 1. The Bertz CT molecular complexity index is 639. The molecule has 0 bridgehead atoms. The number of carbonyl (C=O) groups excluding carboxylic acids is 1. The molecule has 0 fully saturated rings. The Morgan fingerprint density at radius 3 is 2.33 bits per heavy atom. The van der Waals surface area contributed by atoms with Crippen molar-refractivity contribution in [2.24, 2.45) is 0 Å². The monoisotopic (exact) mass is 294 g/mol. The van der Waals surface area contributed by atoms with Crippen molar-refractivity contribution < 1.29 is 23.4 Å². The third kappa shape index (κ3) is 3.78. The zero-order valence-electron chi connectivity index (χ0n) is 12.0. The smallest absolute Gasteiger partial charge is 0.341 e. The van der Waals surface area contributed by atoms with Crippen LogP contribution in [0.1, 0.15) is 24.2 Å². The van der Waals surface area contributed by atoms with Gasteiger partial charge in [0.25, 0.3) is 0 Å². The van der Waals surface area contributed by atoms with Gasteiger partial charge >= 0.3 is 5.97 Å². The number of phenols is 1. The van der Waals surface area contributed by atoms with Gasteiger partial charge in [0.15, 0.2) is 0 Å². The van der Waals surface area contributed by atoms with E-state index in [0.29, 0.717) is 5.56 Å². The van der Waals surface area contributed by atoms with Crippen LogP contribution in [0.4, 0.5) is 8.78 Å².